The minimum atomic E-state index is -4.77. The first-order chi connectivity index (χ1) is 29.7. The minimum Gasteiger partial charge on any atom is -0.463 e. The van der Waals surface area contributed by atoms with Crippen molar-refractivity contribution in [2.24, 2.45) is 0 Å². The van der Waals surface area contributed by atoms with Crippen LogP contribution < -0.4 is 10.6 Å². The molecule has 2 unspecified atom stereocenters. The number of carbonyl (C=O) groups excluding carboxylic acids is 4. The van der Waals surface area contributed by atoms with Crippen LogP contribution in [-0.4, -0.2) is 80.7 Å². The van der Waals surface area contributed by atoms with E-state index >= 15 is 0 Å². The second-order valence-corrected chi connectivity index (χ2v) is 20.1. The lowest BCUT2D eigenvalue weighted by atomic mass is 9.82. The number of nitrogens with one attached hydrogen (secondary N) is 2. The molecule has 0 aliphatic heterocycles. The molecule has 0 amide bonds. The van der Waals surface area contributed by atoms with Crippen LogP contribution in [-0.2, 0) is 28.2 Å². The van der Waals surface area contributed by atoms with Crippen LogP contribution in [0.15, 0.2) is 36.4 Å². The largest absolute Gasteiger partial charge is 0.463 e. The Morgan fingerprint density at radius 2 is 0.823 bits per heavy atom. The number of ketones is 2. The van der Waals surface area contributed by atoms with Gasteiger partial charge in [0.1, 0.15) is 13.2 Å². The molecule has 0 aromatic heterocycles. The Bertz CT molecular complexity index is 1680. The predicted molar refractivity (Wildman–Crippen MR) is 243 cm³/mol. The monoisotopic (exact) mass is 906 g/mol. The summed E-state index contributed by atoms with van der Waals surface area (Å²) in [6.45, 7) is 3.77. The van der Waals surface area contributed by atoms with Gasteiger partial charge in [-0.25, -0.2) is 0 Å². The van der Waals surface area contributed by atoms with Crippen molar-refractivity contribution in [2.75, 3.05) is 36.9 Å². The Labute approximate surface area is 368 Å². The van der Waals surface area contributed by atoms with Gasteiger partial charge in [0.2, 0.25) is 0 Å². The number of esters is 2. The van der Waals surface area contributed by atoms with Gasteiger partial charge in [-0.1, -0.05) is 167 Å². The summed E-state index contributed by atoms with van der Waals surface area (Å²) in [5.74, 6) is -2.85. The zero-order valence-corrected chi connectivity index (χ0v) is 38.7. The van der Waals surface area contributed by atoms with Gasteiger partial charge >= 0.3 is 27.1 Å². The van der Waals surface area contributed by atoms with E-state index in [4.69, 9.17) is 9.47 Å². The highest BCUT2D eigenvalue weighted by molar-refractivity contribution is 7.54. The lowest BCUT2D eigenvalue weighted by Gasteiger charge is -2.24. The Kier molecular flexibility index (Phi) is 24.3. The average molecular weight is 907 g/mol. The van der Waals surface area contributed by atoms with Crippen LogP contribution in [0, 0.1) is 0 Å². The van der Waals surface area contributed by atoms with Crippen LogP contribution >= 0.6 is 15.2 Å². The number of benzene rings is 2. The second-order valence-electron chi connectivity index (χ2n) is 16.5. The molecule has 0 fully saturated rings. The van der Waals surface area contributed by atoms with Gasteiger partial charge in [-0.3, -0.25) is 28.3 Å². The first kappa shape index (κ1) is 53.0. The summed E-state index contributed by atoms with van der Waals surface area (Å²) in [5.41, 5.74) is -2.07. The molecule has 0 spiro atoms. The van der Waals surface area contributed by atoms with E-state index in [1.165, 1.54) is 64.2 Å². The Morgan fingerprint density at radius 3 is 1.13 bits per heavy atom. The van der Waals surface area contributed by atoms with Gasteiger partial charge in [0.25, 0.3) is 0 Å². The number of rotatable bonds is 34. The summed E-state index contributed by atoms with van der Waals surface area (Å²) in [4.78, 5) is 93.2. The third-order valence-corrected chi connectivity index (χ3v) is 14.0. The smallest absolute Gasteiger partial charge is 0.339 e. The van der Waals surface area contributed by atoms with E-state index < -0.39 is 50.0 Å². The van der Waals surface area contributed by atoms with Gasteiger partial charge in [0.15, 0.2) is 22.9 Å². The van der Waals surface area contributed by atoms with E-state index in [1.807, 2.05) is 0 Å². The molecular formula is C46H72N2O12P2. The molecule has 0 bridgehead atoms. The number of hydrogen-bond acceptors (Lipinski definition) is 10. The number of unbranched alkanes of at least 4 members (excludes halogenated alkanes) is 18. The molecule has 0 radical (unpaired) electrons. The molecule has 0 heterocycles. The summed E-state index contributed by atoms with van der Waals surface area (Å²) in [6.07, 6.45) is 20.9. The Morgan fingerprint density at radius 1 is 0.516 bits per heavy atom. The predicted octanol–water partition coefficient (Wildman–Crippen LogP) is 10.1. The van der Waals surface area contributed by atoms with Gasteiger partial charge in [0, 0.05) is 35.6 Å². The first-order valence-corrected chi connectivity index (χ1v) is 26.3. The highest BCUT2D eigenvalue weighted by Gasteiger charge is 2.38. The number of carbonyl (C=O) groups is 4. The van der Waals surface area contributed by atoms with E-state index in [0.717, 1.165) is 51.4 Å². The van der Waals surface area contributed by atoms with Crippen molar-refractivity contribution in [3.63, 3.8) is 0 Å². The molecular weight excluding hydrogens is 834 g/mol. The van der Waals surface area contributed by atoms with Crippen molar-refractivity contribution in [3.05, 3.63) is 58.7 Å². The van der Waals surface area contributed by atoms with Gasteiger partial charge in [-0.2, -0.15) is 0 Å². The van der Waals surface area contributed by atoms with E-state index in [2.05, 4.69) is 24.5 Å². The number of anilines is 2. The number of fused-ring (bicyclic) bond motifs is 2. The van der Waals surface area contributed by atoms with Gasteiger partial charge in [0.05, 0.1) is 11.1 Å². The first-order valence-electron chi connectivity index (χ1n) is 23.0. The van der Waals surface area contributed by atoms with Crippen LogP contribution in [0.1, 0.15) is 187 Å². The standard InChI is InChI=1S/C46H72N2O12P2/c1-3-5-7-9-11-13-15-17-19-21-27-39(61(53,54)55)45(51)59-33-31-47-37-29-30-38(42-41(37)43(49)35-25-23-24-26-36(35)44(42)50)48-32-34-60-46(52)40(62(56,57)58)28-22-20-18-16-14-12-10-8-6-4-2/h23-26,29-30,39-40,47-48H,3-22,27-28,31-34H2,1-2H3,(H2,53,54,55)(H2,56,57,58). The summed E-state index contributed by atoms with van der Waals surface area (Å²) in [7, 11) is -9.55. The topological polar surface area (TPSA) is 226 Å². The molecule has 0 saturated heterocycles. The molecule has 16 heteroatoms. The number of ether oxygens (including phenoxy) is 2. The lowest BCUT2D eigenvalue weighted by Crippen LogP contribution is -2.28. The van der Waals surface area contributed by atoms with Crippen LogP contribution in [0.25, 0.3) is 0 Å². The molecule has 2 aromatic rings. The molecule has 2 atom stereocenters. The molecule has 14 nitrogen and oxygen atoms in total. The maximum absolute atomic E-state index is 13.9. The van der Waals surface area contributed by atoms with Crippen molar-refractivity contribution in [3.8, 4) is 0 Å². The van der Waals surface area contributed by atoms with E-state index in [0.29, 0.717) is 12.8 Å². The Balaban J connectivity index is 1.56. The van der Waals surface area contributed by atoms with Crippen LogP contribution in [0.5, 0.6) is 0 Å². The normalized spacial score (nSPS) is 13.6. The van der Waals surface area contributed by atoms with Crippen molar-refractivity contribution >= 4 is 50.1 Å². The fraction of sp³-hybridized carbons (Fsp3) is 0.652. The third-order valence-electron chi connectivity index (χ3n) is 11.4. The van der Waals surface area contributed by atoms with E-state index in [-0.39, 0.29) is 72.8 Å². The quantitative estimate of drug-likeness (QED) is 0.0186. The van der Waals surface area contributed by atoms with E-state index in [9.17, 15) is 47.9 Å². The Hall–Kier alpha value is -3.38. The molecule has 62 heavy (non-hydrogen) atoms. The second kappa shape index (κ2) is 28.4. The molecule has 1 aliphatic rings. The summed E-state index contributed by atoms with van der Waals surface area (Å²) >= 11 is 0. The third kappa shape index (κ3) is 18.0. The molecule has 348 valence electrons. The van der Waals surface area contributed by atoms with Crippen molar-refractivity contribution in [2.45, 2.75) is 166 Å². The fourth-order valence-corrected chi connectivity index (χ4v) is 9.62. The number of hydrogen-bond donors (Lipinski definition) is 6. The zero-order chi connectivity index (χ0) is 45.4. The highest BCUT2D eigenvalue weighted by Crippen LogP contribution is 2.45. The van der Waals surface area contributed by atoms with Crippen LogP contribution in [0.2, 0.25) is 0 Å². The molecule has 6 N–H and O–H groups in total. The van der Waals surface area contributed by atoms with Gasteiger partial charge in [-0.15, -0.1) is 0 Å². The van der Waals surface area contributed by atoms with Crippen molar-refractivity contribution < 1.29 is 57.4 Å². The summed E-state index contributed by atoms with van der Waals surface area (Å²) in [5, 5.41) is 6.07. The average Bonchev–Trinajstić information content (AvgIpc) is 3.23. The van der Waals surface area contributed by atoms with Crippen LogP contribution in [0.3, 0.4) is 0 Å². The summed E-state index contributed by atoms with van der Waals surface area (Å²) in [6, 6.07) is 9.52. The molecule has 1 aliphatic carbocycles. The maximum atomic E-state index is 13.9. The highest BCUT2D eigenvalue weighted by atomic mass is 31.2. The zero-order valence-electron chi connectivity index (χ0n) is 37.0. The summed E-state index contributed by atoms with van der Waals surface area (Å²) < 4.78 is 35.0. The molecule has 3 rings (SSSR count). The van der Waals surface area contributed by atoms with Crippen molar-refractivity contribution in [1.82, 2.24) is 0 Å². The maximum Gasteiger partial charge on any atom is 0.339 e. The molecule has 0 saturated carbocycles. The lowest BCUT2D eigenvalue weighted by molar-refractivity contribution is -0.144. The molecule has 2 aromatic carbocycles. The SMILES string of the molecule is CCCCCCCCCCCCC(C(=O)OCCNc1ccc(NCCOC(=O)C(CCCCCCCCCCCC)P(=O)(O)O)c2c1C(=O)c1ccccc1C2=O)P(=O)(O)O. The van der Waals surface area contributed by atoms with Crippen LogP contribution in [0.4, 0.5) is 11.4 Å². The fourth-order valence-electron chi connectivity index (χ4n) is 7.88. The minimum absolute atomic E-state index is 0.00783. The van der Waals surface area contributed by atoms with Gasteiger partial charge in [-0.05, 0) is 25.0 Å². The van der Waals surface area contributed by atoms with Gasteiger partial charge < -0.3 is 39.7 Å². The van der Waals surface area contributed by atoms with Crippen molar-refractivity contribution in [1.29, 1.82) is 0 Å². The van der Waals surface area contributed by atoms with E-state index in [1.54, 1.807) is 36.4 Å².